The Bertz CT molecular complexity index is 555. The summed E-state index contributed by atoms with van der Waals surface area (Å²) >= 11 is 7.20. The average molecular weight is 297 g/mol. The van der Waals surface area contributed by atoms with Crippen molar-refractivity contribution in [2.45, 2.75) is 23.7 Å². The number of aliphatic hydroxyl groups is 1. The van der Waals surface area contributed by atoms with Gasteiger partial charge >= 0.3 is 0 Å². The Balaban J connectivity index is 2.17. The summed E-state index contributed by atoms with van der Waals surface area (Å²) in [6.45, 7) is 1.64. The van der Waals surface area contributed by atoms with Crippen molar-refractivity contribution in [2.24, 2.45) is 0 Å². The standard InChI is InChI=1S/C15H14ClFOS/c1-10(18)13-3-2-4-14(17)15(13)19-9-11-5-7-12(16)8-6-11/h2-8,10,18H,9H2,1H3/t10-/m1/s1. The van der Waals surface area contributed by atoms with E-state index < -0.39 is 6.10 Å². The van der Waals surface area contributed by atoms with Crippen molar-refractivity contribution in [2.75, 3.05) is 0 Å². The van der Waals surface area contributed by atoms with Crippen molar-refractivity contribution >= 4 is 23.4 Å². The van der Waals surface area contributed by atoms with Crippen LogP contribution in [-0.4, -0.2) is 5.11 Å². The van der Waals surface area contributed by atoms with Crippen molar-refractivity contribution in [3.8, 4) is 0 Å². The summed E-state index contributed by atoms with van der Waals surface area (Å²) in [4.78, 5) is 0.507. The molecule has 4 heteroatoms. The Labute approximate surface area is 121 Å². The Kier molecular flexibility index (Phi) is 4.86. The van der Waals surface area contributed by atoms with Gasteiger partial charge in [0.05, 0.1) is 6.10 Å². The molecule has 0 spiro atoms. The van der Waals surface area contributed by atoms with Crippen molar-refractivity contribution < 1.29 is 9.50 Å². The monoisotopic (exact) mass is 296 g/mol. The van der Waals surface area contributed by atoms with Crippen LogP contribution in [0.1, 0.15) is 24.2 Å². The van der Waals surface area contributed by atoms with Gasteiger partial charge < -0.3 is 5.11 Å². The van der Waals surface area contributed by atoms with E-state index in [-0.39, 0.29) is 5.82 Å². The molecule has 2 rings (SSSR count). The van der Waals surface area contributed by atoms with Crippen LogP contribution in [0.2, 0.25) is 5.02 Å². The van der Waals surface area contributed by atoms with E-state index in [9.17, 15) is 9.50 Å². The highest BCUT2D eigenvalue weighted by Gasteiger charge is 2.12. The fourth-order valence-corrected chi connectivity index (χ4v) is 2.98. The van der Waals surface area contributed by atoms with Crippen LogP contribution in [0.15, 0.2) is 47.4 Å². The molecule has 0 aliphatic carbocycles. The van der Waals surface area contributed by atoms with E-state index >= 15 is 0 Å². The third kappa shape index (κ3) is 3.72. The van der Waals surface area contributed by atoms with Crippen LogP contribution in [0.4, 0.5) is 4.39 Å². The lowest BCUT2D eigenvalue weighted by atomic mass is 10.1. The molecule has 1 nitrogen and oxygen atoms in total. The lowest BCUT2D eigenvalue weighted by Crippen LogP contribution is -1.97. The maximum atomic E-state index is 13.8. The summed E-state index contributed by atoms with van der Waals surface area (Å²) < 4.78 is 13.8. The van der Waals surface area contributed by atoms with E-state index in [2.05, 4.69) is 0 Å². The second-order valence-corrected chi connectivity index (χ2v) is 5.67. The smallest absolute Gasteiger partial charge is 0.137 e. The maximum absolute atomic E-state index is 13.8. The van der Waals surface area contributed by atoms with E-state index in [1.165, 1.54) is 17.8 Å². The second-order valence-electron chi connectivity index (χ2n) is 4.25. The number of hydrogen-bond donors (Lipinski definition) is 1. The molecule has 100 valence electrons. The molecule has 0 fully saturated rings. The first-order valence-electron chi connectivity index (χ1n) is 5.91. The Hall–Kier alpha value is -1.03. The topological polar surface area (TPSA) is 20.2 Å². The zero-order valence-corrected chi connectivity index (χ0v) is 12.0. The molecular formula is C15H14ClFOS. The van der Waals surface area contributed by atoms with E-state index in [1.54, 1.807) is 19.1 Å². The number of halogens is 2. The molecule has 2 aromatic rings. The molecule has 0 bridgehead atoms. The Morgan fingerprint density at radius 2 is 1.89 bits per heavy atom. The SMILES string of the molecule is C[C@@H](O)c1cccc(F)c1SCc1ccc(Cl)cc1. The van der Waals surface area contributed by atoms with E-state index in [0.29, 0.717) is 21.2 Å². The van der Waals surface area contributed by atoms with Crippen molar-refractivity contribution in [3.05, 3.63) is 64.4 Å². The molecule has 0 radical (unpaired) electrons. The average Bonchev–Trinajstić information content (AvgIpc) is 2.39. The fourth-order valence-electron chi connectivity index (χ4n) is 1.74. The highest BCUT2D eigenvalue weighted by atomic mass is 35.5. The van der Waals surface area contributed by atoms with Crippen LogP contribution in [0.5, 0.6) is 0 Å². The lowest BCUT2D eigenvalue weighted by Gasteiger charge is -2.12. The maximum Gasteiger partial charge on any atom is 0.137 e. The number of benzene rings is 2. The quantitative estimate of drug-likeness (QED) is 0.816. The highest BCUT2D eigenvalue weighted by Crippen LogP contribution is 2.32. The number of thioether (sulfide) groups is 1. The van der Waals surface area contributed by atoms with Gasteiger partial charge in [-0.25, -0.2) is 4.39 Å². The number of rotatable bonds is 4. The summed E-state index contributed by atoms with van der Waals surface area (Å²) in [5, 5.41) is 10.3. The third-order valence-electron chi connectivity index (χ3n) is 2.74. The molecule has 1 N–H and O–H groups in total. The molecule has 1 atom stereocenters. The van der Waals surface area contributed by atoms with Gasteiger partial charge in [0.25, 0.3) is 0 Å². The Morgan fingerprint density at radius 3 is 2.53 bits per heavy atom. The van der Waals surface area contributed by atoms with E-state index in [0.717, 1.165) is 5.56 Å². The Morgan fingerprint density at radius 1 is 1.21 bits per heavy atom. The fraction of sp³-hybridized carbons (Fsp3) is 0.200. The van der Waals surface area contributed by atoms with Crippen LogP contribution in [0.3, 0.4) is 0 Å². The van der Waals surface area contributed by atoms with E-state index in [1.807, 2.05) is 24.3 Å². The van der Waals surface area contributed by atoms with Gasteiger partial charge in [0, 0.05) is 15.7 Å². The molecule has 0 heterocycles. The number of hydrogen-bond acceptors (Lipinski definition) is 2. The molecule has 0 aliphatic rings. The predicted molar refractivity (Wildman–Crippen MR) is 78.0 cm³/mol. The lowest BCUT2D eigenvalue weighted by molar-refractivity contribution is 0.195. The molecule has 19 heavy (non-hydrogen) atoms. The summed E-state index contributed by atoms with van der Waals surface area (Å²) in [5.41, 5.74) is 1.69. The van der Waals surface area contributed by atoms with Crippen LogP contribution < -0.4 is 0 Å². The first kappa shape index (κ1) is 14.4. The zero-order valence-electron chi connectivity index (χ0n) is 10.4. The van der Waals surface area contributed by atoms with Crippen LogP contribution in [0.25, 0.3) is 0 Å². The molecule has 0 saturated carbocycles. The van der Waals surface area contributed by atoms with Gasteiger partial charge in [-0.1, -0.05) is 35.9 Å². The normalized spacial score (nSPS) is 12.4. The first-order valence-corrected chi connectivity index (χ1v) is 7.28. The molecule has 0 saturated heterocycles. The molecule has 0 aromatic heterocycles. The molecule has 2 aromatic carbocycles. The molecule has 0 unspecified atom stereocenters. The largest absolute Gasteiger partial charge is 0.389 e. The van der Waals surface area contributed by atoms with Gasteiger partial charge in [-0.2, -0.15) is 0 Å². The van der Waals surface area contributed by atoms with Gasteiger partial charge in [0.15, 0.2) is 0 Å². The summed E-state index contributed by atoms with van der Waals surface area (Å²) in [7, 11) is 0. The van der Waals surface area contributed by atoms with Gasteiger partial charge in [-0.05, 0) is 36.2 Å². The van der Waals surface area contributed by atoms with Gasteiger partial charge in [-0.15, -0.1) is 11.8 Å². The van der Waals surface area contributed by atoms with Crippen LogP contribution in [-0.2, 0) is 5.75 Å². The zero-order chi connectivity index (χ0) is 13.8. The highest BCUT2D eigenvalue weighted by molar-refractivity contribution is 7.98. The second kappa shape index (κ2) is 6.42. The van der Waals surface area contributed by atoms with Gasteiger partial charge in [0.1, 0.15) is 5.82 Å². The summed E-state index contributed by atoms with van der Waals surface area (Å²) in [6.07, 6.45) is -0.677. The minimum atomic E-state index is -0.677. The van der Waals surface area contributed by atoms with Gasteiger partial charge in [0.2, 0.25) is 0 Å². The van der Waals surface area contributed by atoms with Crippen molar-refractivity contribution in [1.82, 2.24) is 0 Å². The summed E-state index contributed by atoms with van der Waals surface area (Å²) in [5.74, 6) is 0.343. The molecule has 0 aliphatic heterocycles. The number of aliphatic hydroxyl groups excluding tert-OH is 1. The molecular weight excluding hydrogens is 283 g/mol. The predicted octanol–water partition coefficient (Wildman–Crippen LogP) is 4.82. The van der Waals surface area contributed by atoms with Crippen molar-refractivity contribution in [3.63, 3.8) is 0 Å². The third-order valence-corrected chi connectivity index (χ3v) is 4.19. The van der Waals surface area contributed by atoms with Crippen molar-refractivity contribution in [1.29, 1.82) is 0 Å². The van der Waals surface area contributed by atoms with Crippen LogP contribution >= 0.6 is 23.4 Å². The van der Waals surface area contributed by atoms with Crippen LogP contribution in [0, 0.1) is 5.82 Å². The van der Waals surface area contributed by atoms with E-state index in [4.69, 9.17) is 11.6 Å². The summed E-state index contributed by atoms with van der Waals surface area (Å²) in [6, 6.07) is 12.2. The minimum absolute atomic E-state index is 0.294. The minimum Gasteiger partial charge on any atom is -0.389 e. The first-order chi connectivity index (χ1) is 9.08. The van der Waals surface area contributed by atoms with Gasteiger partial charge in [-0.3, -0.25) is 0 Å². The molecule has 0 amide bonds.